The lowest BCUT2D eigenvalue weighted by Crippen LogP contribution is -2.37. The van der Waals surface area contributed by atoms with Crippen molar-refractivity contribution in [3.63, 3.8) is 0 Å². The van der Waals surface area contributed by atoms with Crippen LogP contribution in [0.5, 0.6) is 0 Å². The van der Waals surface area contributed by atoms with Gasteiger partial charge < -0.3 is 5.11 Å². The molecule has 2 rings (SSSR count). The Balaban J connectivity index is 2.25. The highest BCUT2D eigenvalue weighted by Crippen LogP contribution is 2.31. The van der Waals surface area contributed by atoms with E-state index in [0.717, 1.165) is 17.1 Å². The van der Waals surface area contributed by atoms with Crippen LogP contribution in [0.15, 0.2) is 35.2 Å². The predicted octanol–water partition coefficient (Wildman–Crippen LogP) is 1.17. The predicted molar refractivity (Wildman–Crippen MR) is 65.6 cm³/mol. The van der Waals surface area contributed by atoms with Crippen molar-refractivity contribution in [2.45, 2.75) is 17.7 Å². The third-order valence-electron chi connectivity index (χ3n) is 2.85. The zero-order chi connectivity index (χ0) is 13.2. The van der Waals surface area contributed by atoms with Crippen LogP contribution in [0, 0.1) is 5.92 Å². The number of hydrogen-bond acceptors (Lipinski definition) is 3. The molecule has 6 heteroatoms. The summed E-state index contributed by atoms with van der Waals surface area (Å²) in [6.45, 7) is -0.183. The molecule has 98 valence electrons. The summed E-state index contributed by atoms with van der Waals surface area (Å²) in [5, 5.41) is 8.82. The molecular weight excluding hydrogens is 254 g/mol. The minimum atomic E-state index is -3.70. The Bertz CT molecular complexity index is 522. The van der Waals surface area contributed by atoms with Crippen molar-refractivity contribution in [2.24, 2.45) is 5.92 Å². The maximum atomic E-state index is 12.3. The molecule has 1 aromatic rings. The van der Waals surface area contributed by atoms with E-state index in [1.54, 1.807) is 18.2 Å². The van der Waals surface area contributed by atoms with Crippen molar-refractivity contribution in [2.75, 3.05) is 13.1 Å². The van der Waals surface area contributed by atoms with E-state index < -0.39 is 22.5 Å². The number of carboxylic acid groups (broad SMARTS) is 1. The highest BCUT2D eigenvalue weighted by Gasteiger charge is 2.32. The molecule has 1 aliphatic carbocycles. The molecule has 0 unspecified atom stereocenters. The normalized spacial score (nSPS) is 15.8. The van der Waals surface area contributed by atoms with Crippen LogP contribution >= 0.6 is 0 Å². The van der Waals surface area contributed by atoms with Crippen LogP contribution in [0.25, 0.3) is 0 Å². The molecule has 0 spiro atoms. The quantitative estimate of drug-likeness (QED) is 0.841. The number of aliphatic carboxylic acids is 1. The van der Waals surface area contributed by atoms with E-state index in [9.17, 15) is 13.2 Å². The molecule has 1 saturated carbocycles. The first kappa shape index (κ1) is 13.0. The Morgan fingerprint density at radius 3 is 2.39 bits per heavy atom. The fourth-order valence-electron chi connectivity index (χ4n) is 1.73. The highest BCUT2D eigenvalue weighted by atomic mass is 32.2. The molecule has 1 aliphatic rings. The van der Waals surface area contributed by atoms with Gasteiger partial charge >= 0.3 is 5.97 Å². The second kappa shape index (κ2) is 5.07. The second-order valence-electron chi connectivity index (χ2n) is 4.45. The third kappa shape index (κ3) is 3.08. The van der Waals surface area contributed by atoms with E-state index >= 15 is 0 Å². The average Bonchev–Trinajstić information content (AvgIpc) is 3.13. The summed E-state index contributed by atoms with van der Waals surface area (Å²) in [6, 6.07) is 7.95. The SMILES string of the molecule is O=C(O)CN(CC1CC1)S(=O)(=O)c1ccccc1. The van der Waals surface area contributed by atoms with Crippen LogP contribution in [-0.2, 0) is 14.8 Å². The zero-order valence-electron chi connectivity index (χ0n) is 9.82. The number of benzene rings is 1. The number of carbonyl (C=O) groups is 1. The molecule has 1 N–H and O–H groups in total. The molecule has 0 aliphatic heterocycles. The van der Waals surface area contributed by atoms with Gasteiger partial charge in [-0.3, -0.25) is 4.79 Å². The fraction of sp³-hybridized carbons (Fsp3) is 0.417. The lowest BCUT2D eigenvalue weighted by atomic mass is 10.4. The molecule has 0 aromatic heterocycles. The van der Waals surface area contributed by atoms with Gasteiger partial charge in [0.1, 0.15) is 6.54 Å². The Labute approximate surface area is 106 Å². The van der Waals surface area contributed by atoms with Gasteiger partial charge in [-0.2, -0.15) is 4.31 Å². The zero-order valence-corrected chi connectivity index (χ0v) is 10.6. The van der Waals surface area contributed by atoms with Gasteiger partial charge in [0.15, 0.2) is 0 Å². The first-order valence-electron chi connectivity index (χ1n) is 5.77. The molecule has 0 bridgehead atoms. The third-order valence-corrected chi connectivity index (χ3v) is 4.68. The minimum absolute atomic E-state index is 0.145. The van der Waals surface area contributed by atoms with Crippen molar-refractivity contribution in [1.82, 2.24) is 4.31 Å². The summed E-state index contributed by atoms with van der Waals surface area (Å²) in [4.78, 5) is 10.9. The van der Waals surface area contributed by atoms with Crippen molar-refractivity contribution in [3.05, 3.63) is 30.3 Å². The Morgan fingerprint density at radius 2 is 1.89 bits per heavy atom. The van der Waals surface area contributed by atoms with Gasteiger partial charge in [0.2, 0.25) is 10.0 Å². The van der Waals surface area contributed by atoms with Crippen molar-refractivity contribution >= 4 is 16.0 Å². The van der Waals surface area contributed by atoms with Gasteiger partial charge in [0, 0.05) is 6.54 Å². The van der Waals surface area contributed by atoms with E-state index in [4.69, 9.17) is 5.11 Å². The van der Waals surface area contributed by atoms with E-state index in [0.29, 0.717) is 12.5 Å². The average molecular weight is 269 g/mol. The molecular formula is C12H15NO4S. The summed E-state index contributed by atoms with van der Waals surface area (Å²) in [6.07, 6.45) is 1.95. The number of carboxylic acids is 1. The second-order valence-corrected chi connectivity index (χ2v) is 6.39. The molecule has 0 atom stereocenters. The maximum Gasteiger partial charge on any atom is 0.318 e. The van der Waals surface area contributed by atoms with Gasteiger partial charge in [0.25, 0.3) is 0 Å². The minimum Gasteiger partial charge on any atom is -0.480 e. The van der Waals surface area contributed by atoms with Crippen LogP contribution in [0.1, 0.15) is 12.8 Å². The van der Waals surface area contributed by atoms with Crippen LogP contribution in [-0.4, -0.2) is 36.9 Å². The summed E-state index contributed by atoms with van der Waals surface area (Å²) in [5.74, 6) is -0.821. The van der Waals surface area contributed by atoms with Crippen LogP contribution < -0.4 is 0 Å². The van der Waals surface area contributed by atoms with Gasteiger partial charge in [-0.15, -0.1) is 0 Å². The Hall–Kier alpha value is -1.40. The molecule has 18 heavy (non-hydrogen) atoms. The van der Waals surface area contributed by atoms with Crippen molar-refractivity contribution in [1.29, 1.82) is 0 Å². The molecule has 0 amide bonds. The first-order chi connectivity index (χ1) is 8.50. The number of sulfonamides is 1. The van der Waals surface area contributed by atoms with E-state index in [1.807, 2.05) is 0 Å². The van der Waals surface area contributed by atoms with Crippen LogP contribution in [0.3, 0.4) is 0 Å². The molecule has 5 nitrogen and oxygen atoms in total. The van der Waals surface area contributed by atoms with Crippen LogP contribution in [0.2, 0.25) is 0 Å². The molecule has 0 saturated heterocycles. The molecule has 1 aromatic carbocycles. The maximum absolute atomic E-state index is 12.3. The summed E-state index contributed by atoms with van der Waals surface area (Å²) >= 11 is 0. The van der Waals surface area contributed by atoms with E-state index in [2.05, 4.69) is 0 Å². The molecule has 0 heterocycles. The van der Waals surface area contributed by atoms with Crippen molar-refractivity contribution in [3.8, 4) is 0 Å². The lowest BCUT2D eigenvalue weighted by molar-refractivity contribution is -0.137. The fourth-order valence-corrected chi connectivity index (χ4v) is 3.22. The topological polar surface area (TPSA) is 74.7 Å². The van der Waals surface area contributed by atoms with Gasteiger partial charge in [-0.25, -0.2) is 8.42 Å². The lowest BCUT2D eigenvalue weighted by Gasteiger charge is -2.20. The Kier molecular flexibility index (Phi) is 3.68. The van der Waals surface area contributed by atoms with Gasteiger partial charge in [0.05, 0.1) is 4.90 Å². The van der Waals surface area contributed by atoms with Crippen LogP contribution in [0.4, 0.5) is 0 Å². The van der Waals surface area contributed by atoms with Gasteiger partial charge in [-0.1, -0.05) is 18.2 Å². The molecule has 0 radical (unpaired) electrons. The monoisotopic (exact) mass is 269 g/mol. The number of rotatable bonds is 6. The summed E-state index contributed by atoms with van der Waals surface area (Å²) in [7, 11) is -3.70. The van der Waals surface area contributed by atoms with Crippen molar-refractivity contribution < 1.29 is 18.3 Å². The number of hydrogen-bond donors (Lipinski definition) is 1. The van der Waals surface area contributed by atoms with Gasteiger partial charge in [-0.05, 0) is 30.9 Å². The Morgan fingerprint density at radius 1 is 1.28 bits per heavy atom. The van der Waals surface area contributed by atoms with E-state index in [1.165, 1.54) is 12.1 Å². The first-order valence-corrected chi connectivity index (χ1v) is 7.21. The van der Waals surface area contributed by atoms with E-state index in [-0.39, 0.29) is 4.90 Å². The summed E-state index contributed by atoms with van der Waals surface area (Å²) < 4.78 is 25.6. The molecule has 1 fully saturated rings. The standard InChI is InChI=1S/C12H15NO4S/c14-12(15)9-13(8-10-6-7-10)18(16,17)11-4-2-1-3-5-11/h1-5,10H,6-9H2,(H,14,15). The number of nitrogens with zero attached hydrogens (tertiary/aromatic N) is 1. The largest absolute Gasteiger partial charge is 0.480 e. The smallest absolute Gasteiger partial charge is 0.318 e. The summed E-state index contributed by atoms with van der Waals surface area (Å²) in [5.41, 5.74) is 0. The highest BCUT2D eigenvalue weighted by molar-refractivity contribution is 7.89.